The molecule has 0 amide bonds. The number of hydrogen-bond acceptors (Lipinski definition) is 3. The number of aryl methyl sites for hydroxylation is 1. The topological polar surface area (TPSA) is 27.0 Å². The molecule has 0 bridgehead atoms. The van der Waals surface area contributed by atoms with Crippen molar-refractivity contribution in [3.8, 4) is 6.07 Å². The van der Waals surface area contributed by atoms with E-state index in [1.165, 1.54) is 9.75 Å². The van der Waals surface area contributed by atoms with E-state index in [0.717, 1.165) is 13.0 Å². The van der Waals surface area contributed by atoms with Gasteiger partial charge in [-0.15, -0.1) is 11.3 Å². The Kier molecular flexibility index (Phi) is 4.80. The Morgan fingerprint density at radius 3 is 2.53 bits per heavy atom. The number of rotatable bonds is 5. The third kappa shape index (κ3) is 3.65. The third-order valence-electron chi connectivity index (χ3n) is 2.43. The molecule has 0 saturated heterocycles. The van der Waals surface area contributed by atoms with Crippen molar-refractivity contribution in [3.05, 3.63) is 21.9 Å². The average molecular weight is 222 g/mol. The number of thiophene rings is 1. The first-order chi connectivity index (χ1) is 7.17. The smallest absolute Gasteiger partial charge is 0.0871 e. The highest BCUT2D eigenvalue weighted by atomic mass is 32.1. The Labute approximate surface area is 96.1 Å². The second-order valence-electron chi connectivity index (χ2n) is 3.88. The van der Waals surface area contributed by atoms with E-state index in [1.807, 2.05) is 11.3 Å². The standard InChI is InChI=1S/C12H18N2S/c1-4-11-5-6-12(15-11)9-14(8-7-13)10(2)3/h5-6,10H,4,8-9H2,1-3H3. The Morgan fingerprint density at radius 2 is 2.07 bits per heavy atom. The van der Waals surface area contributed by atoms with Gasteiger partial charge in [0.25, 0.3) is 0 Å². The van der Waals surface area contributed by atoms with Crippen molar-refractivity contribution in [2.24, 2.45) is 0 Å². The van der Waals surface area contributed by atoms with Gasteiger partial charge in [0.15, 0.2) is 0 Å². The average Bonchev–Trinajstić information content (AvgIpc) is 2.65. The summed E-state index contributed by atoms with van der Waals surface area (Å²) in [5.41, 5.74) is 0. The predicted octanol–water partition coefficient (Wildman–Crippen LogP) is 3.04. The van der Waals surface area contributed by atoms with Crippen LogP contribution in [0.3, 0.4) is 0 Å². The second kappa shape index (κ2) is 5.89. The highest BCUT2D eigenvalue weighted by Gasteiger charge is 2.10. The first-order valence-electron chi connectivity index (χ1n) is 5.36. The fraction of sp³-hybridized carbons (Fsp3) is 0.583. The van der Waals surface area contributed by atoms with Gasteiger partial charge < -0.3 is 0 Å². The van der Waals surface area contributed by atoms with Crippen LogP contribution in [-0.4, -0.2) is 17.5 Å². The molecule has 0 radical (unpaired) electrons. The van der Waals surface area contributed by atoms with Crippen LogP contribution in [0, 0.1) is 11.3 Å². The van der Waals surface area contributed by atoms with Gasteiger partial charge in [0, 0.05) is 22.3 Å². The molecule has 1 aromatic rings. The summed E-state index contributed by atoms with van der Waals surface area (Å²) in [7, 11) is 0. The van der Waals surface area contributed by atoms with Crippen LogP contribution in [0.5, 0.6) is 0 Å². The SMILES string of the molecule is CCc1ccc(CN(CC#N)C(C)C)s1. The van der Waals surface area contributed by atoms with E-state index in [9.17, 15) is 0 Å². The molecule has 3 heteroatoms. The minimum Gasteiger partial charge on any atom is -0.283 e. The van der Waals surface area contributed by atoms with Crippen LogP contribution in [0.2, 0.25) is 0 Å². The lowest BCUT2D eigenvalue weighted by Gasteiger charge is -2.22. The molecular weight excluding hydrogens is 204 g/mol. The first-order valence-corrected chi connectivity index (χ1v) is 6.17. The van der Waals surface area contributed by atoms with E-state index in [0.29, 0.717) is 12.6 Å². The molecule has 15 heavy (non-hydrogen) atoms. The molecule has 0 fully saturated rings. The molecule has 0 aliphatic heterocycles. The number of nitrogens with zero attached hydrogens (tertiary/aromatic N) is 2. The summed E-state index contributed by atoms with van der Waals surface area (Å²) in [6.07, 6.45) is 1.10. The van der Waals surface area contributed by atoms with Crippen LogP contribution < -0.4 is 0 Å². The van der Waals surface area contributed by atoms with Crippen LogP contribution in [0.4, 0.5) is 0 Å². The van der Waals surface area contributed by atoms with Crippen molar-refractivity contribution in [2.45, 2.75) is 39.8 Å². The summed E-state index contributed by atoms with van der Waals surface area (Å²) in [5.74, 6) is 0. The quantitative estimate of drug-likeness (QED) is 0.716. The molecule has 1 heterocycles. The van der Waals surface area contributed by atoms with E-state index in [1.54, 1.807) is 0 Å². The Balaban J connectivity index is 2.62. The Morgan fingerprint density at radius 1 is 1.40 bits per heavy atom. The van der Waals surface area contributed by atoms with Crippen LogP contribution in [-0.2, 0) is 13.0 Å². The van der Waals surface area contributed by atoms with Gasteiger partial charge in [0.1, 0.15) is 0 Å². The molecule has 0 aromatic carbocycles. The zero-order chi connectivity index (χ0) is 11.3. The van der Waals surface area contributed by atoms with Gasteiger partial charge in [-0.05, 0) is 32.4 Å². The largest absolute Gasteiger partial charge is 0.283 e. The second-order valence-corrected chi connectivity index (χ2v) is 5.13. The minimum absolute atomic E-state index is 0.428. The normalized spacial score (nSPS) is 10.9. The van der Waals surface area contributed by atoms with Crippen molar-refractivity contribution < 1.29 is 0 Å². The molecule has 0 saturated carbocycles. The molecule has 1 aromatic heterocycles. The van der Waals surface area contributed by atoms with Crippen LogP contribution in [0.1, 0.15) is 30.5 Å². The van der Waals surface area contributed by atoms with Crippen LogP contribution in [0.15, 0.2) is 12.1 Å². The summed E-state index contributed by atoms with van der Waals surface area (Å²) in [5, 5.41) is 8.73. The monoisotopic (exact) mass is 222 g/mol. The minimum atomic E-state index is 0.428. The van der Waals surface area contributed by atoms with Gasteiger partial charge in [0.05, 0.1) is 12.6 Å². The summed E-state index contributed by atoms with van der Waals surface area (Å²) < 4.78 is 0. The summed E-state index contributed by atoms with van der Waals surface area (Å²) >= 11 is 1.85. The van der Waals surface area contributed by atoms with Crippen molar-refractivity contribution in [3.63, 3.8) is 0 Å². The molecule has 1 rings (SSSR count). The maximum absolute atomic E-state index is 8.73. The molecule has 0 N–H and O–H groups in total. The molecule has 82 valence electrons. The van der Waals surface area contributed by atoms with E-state index < -0.39 is 0 Å². The van der Waals surface area contributed by atoms with Gasteiger partial charge >= 0.3 is 0 Å². The Bertz CT molecular complexity index is 336. The van der Waals surface area contributed by atoms with Crippen molar-refractivity contribution in [1.29, 1.82) is 5.26 Å². The van der Waals surface area contributed by atoms with Gasteiger partial charge in [-0.1, -0.05) is 6.92 Å². The molecule has 0 aliphatic rings. The van der Waals surface area contributed by atoms with Gasteiger partial charge in [-0.25, -0.2) is 0 Å². The molecule has 0 atom stereocenters. The van der Waals surface area contributed by atoms with Crippen LogP contribution >= 0.6 is 11.3 Å². The summed E-state index contributed by atoms with van der Waals surface area (Å²) in [6, 6.07) is 7.01. The van der Waals surface area contributed by atoms with E-state index in [4.69, 9.17) is 5.26 Å². The fourth-order valence-corrected chi connectivity index (χ4v) is 2.39. The van der Waals surface area contributed by atoms with Gasteiger partial charge in [-0.3, -0.25) is 4.90 Å². The lowest BCUT2D eigenvalue weighted by Crippen LogP contribution is -2.30. The van der Waals surface area contributed by atoms with Crippen molar-refractivity contribution in [1.82, 2.24) is 4.90 Å². The number of hydrogen-bond donors (Lipinski definition) is 0. The number of nitriles is 1. The van der Waals surface area contributed by atoms with Crippen molar-refractivity contribution >= 4 is 11.3 Å². The van der Waals surface area contributed by atoms with Gasteiger partial charge in [0.2, 0.25) is 0 Å². The molecular formula is C12H18N2S. The molecule has 0 spiro atoms. The maximum Gasteiger partial charge on any atom is 0.0871 e. The summed E-state index contributed by atoms with van der Waals surface area (Å²) in [4.78, 5) is 4.96. The lowest BCUT2D eigenvalue weighted by molar-refractivity contribution is 0.242. The Hall–Kier alpha value is -0.850. The zero-order valence-electron chi connectivity index (χ0n) is 9.66. The predicted molar refractivity (Wildman–Crippen MR) is 64.9 cm³/mol. The van der Waals surface area contributed by atoms with Gasteiger partial charge in [-0.2, -0.15) is 5.26 Å². The first kappa shape index (κ1) is 12.2. The lowest BCUT2D eigenvalue weighted by atomic mass is 10.3. The highest BCUT2D eigenvalue weighted by molar-refractivity contribution is 7.11. The zero-order valence-corrected chi connectivity index (χ0v) is 10.5. The molecule has 2 nitrogen and oxygen atoms in total. The molecule has 0 unspecified atom stereocenters. The van der Waals surface area contributed by atoms with E-state index in [2.05, 4.69) is 43.9 Å². The highest BCUT2D eigenvalue weighted by Crippen LogP contribution is 2.19. The van der Waals surface area contributed by atoms with Crippen LogP contribution in [0.25, 0.3) is 0 Å². The summed E-state index contributed by atoms with van der Waals surface area (Å²) in [6.45, 7) is 7.84. The van der Waals surface area contributed by atoms with Crippen molar-refractivity contribution in [2.75, 3.05) is 6.54 Å². The van der Waals surface area contributed by atoms with E-state index in [-0.39, 0.29) is 0 Å². The van der Waals surface area contributed by atoms with E-state index >= 15 is 0 Å². The third-order valence-corrected chi connectivity index (χ3v) is 3.64. The fourth-order valence-electron chi connectivity index (χ4n) is 1.41. The molecule has 0 aliphatic carbocycles. The maximum atomic E-state index is 8.73.